The van der Waals surface area contributed by atoms with Crippen molar-refractivity contribution in [3.8, 4) is 0 Å². The number of nitrogens with two attached hydrogens (primary N) is 1. The molecule has 0 spiro atoms. The van der Waals surface area contributed by atoms with Crippen molar-refractivity contribution in [3.05, 3.63) is 34.4 Å². The molecule has 4 nitrogen and oxygen atoms in total. The van der Waals surface area contributed by atoms with Gasteiger partial charge in [0.05, 0.1) is 5.01 Å². The van der Waals surface area contributed by atoms with Gasteiger partial charge < -0.3 is 11.1 Å². The van der Waals surface area contributed by atoms with E-state index >= 15 is 0 Å². The summed E-state index contributed by atoms with van der Waals surface area (Å²) in [5, 5.41) is 6.34. The maximum absolute atomic E-state index is 5.80. The second-order valence-corrected chi connectivity index (χ2v) is 4.51. The van der Waals surface area contributed by atoms with Crippen LogP contribution in [0.15, 0.2) is 23.8 Å². The number of aryl methyl sites for hydroxylation is 1. The van der Waals surface area contributed by atoms with Crippen LogP contribution in [0.2, 0.25) is 0 Å². The Morgan fingerprint density at radius 1 is 1.44 bits per heavy atom. The zero-order valence-corrected chi connectivity index (χ0v) is 9.92. The first-order valence-electron chi connectivity index (χ1n) is 5.10. The first-order valence-corrected chi connectivity index (χ1v) is 5.98. The molecular formula is C11H14N4S. The molecule has 0 fully saturated rings. The van der Waals surface area contributed by atoms with Crippen LogP contribution in [0, 0.1) is 6.92 Å². The number of anilines is 2. The Kier molecular flexibility index (Phi) is 3.36. The monoisotopic (exact) mass is 234 g/mol. The summed E-state index contributed by atoms with van der Waals surface area (Å²) in [7, 11) is 0. The summed E-state index contributed by atoms with van der Waals surface area (Å²) in [5.74, 6) is 0.819. The highest BCUT2D eigenvalue weighted by Crippen LogP contribution is 2.13. The minimum atomic E-state index is 0.770. The van der Waals surface area contributed by atoms with Crippen molar-refractivity contribution in [2.45, 2.75) is 13.3 Å². The Hall–Kier alpha value is -1.62. The molecule has 0 amide bonds. The average molecular weight is 234 g/mol. The van der Waals surface area contributed by atoms with Crippen molar-refractivity contribution in [1.82, 2.24) is 9.97 Å². The van der Waals surface area contributed by atoms with Crippen LogP contribution in [-0.4, -0.2) is 16.5 Å². The molecule has 0 radical (unpaired) electrons. The van der Waals surface area contributed by atoms with Crippen LogP contribution in [0.1, 0.15) is 10.6 Å². The van der Waals surface area contributed by atoms with Gasteiger partial charge >= 0.3 is 0 Å². The first-order chi connectivity index (χ1) is 7.75. The molecule has 0 unspecified atom stereocenters. The van der Waals surface area contributed by atoms with E-state index in [2.05, 4.69) is 15.3 Å². The molecule has 0 saturated heterocycles. The summed E-state index contributed by atoms with van der Waals surface area (Å²) in [6, 6.07) is 1.86. The molecule has 3 N–H and O–H groups in total. The third-order valence-electron chi connectivity index (χ3n) is 2.27. The smallest absolute Gasteiger partial charge is 0.127 e. The zero-order chi connectivity index (χ0) is 11.4. The Morgan fingerprint density at radius 3 is 3.00 bits per heavy atom. The van der Waals surface area contributed by atoms with E-state index in [0.717, 1.165) is 35.0 Å². The highest BCUT2D eigenvalue weighted by Gasteiger charge is 1.99. The van der Waals surface area contributed by atoms with E-state index in [0.29, 0.717) is 0 Å². The zero-order valence-electron chi connectivity index (χ0n) is 9.10. The van der Waals surface area contributed by atoms with Crippen molar-refractivity contribution in [2.75, 3.05) is 17.6 Å². The molecule has 0 atom stereocenters. The lowest BCUT2D eigenvalue weighted by Crippen LogP contribution is -2.06. The van der Waals surface area contributed by atoms with E-state index in [1.165, 1.54) is 0 Å². The summed E-state index contributed by atoms with van der Waals surface area (Å²) in [6.45, 7) is 2.77. The van der Waals surface area contributed by atoms with E-state index < -0.39 is 0 Å². The molecule has 84 valence electrons. The van der Waals surface area contributed by atoms with Crippen LogP contribution in [-0.2, 0) is 6.42 Å². The lowest BCUT2D eigenvalue weighted by atomic mass is 10.2. The van der Waals surface area contributed by atoms with Crippen LogP contribution >= 0.6 is 11.3 Å². The Balaban J connectivity index is 1.87. The Labute approximate surface area is 98.6 Å². The third kappa shape index (κ3) is 2.70. The molecule has 2 aromatic heterocycles. The maximum atomic E-state index is 5.80. The normalized spacial score (nSPS) is 10.3. The maximum Gasteiger partial charge on any atom is 0.127 e. The number of hydrogen-bond donors (Lipinski definition) is 2. The van der Waals surface area contributed by atoms with Crippen LogP contribution in [0.4, 0.5) is 11.5 Å². The van der Waals surface area contributed by atoms with Crippen LogP contribution in [0.25, 0.3) is 0 Å². The molecule has 0 saturated carbocycles. The first kappa shape index (κ1) is 10.9. The van der Waals surface area contributed by atoms with Gasteiger partial charge in [0.25, 0.3) is 0 Å². The number of nitrogens with one attached hydrogen (secondary N) is 1. The van der Waals surface area contributed by atoms with E-state index in [9.17, 15) is 0 Å². The molecule has 2 aromatic rings. The minimum absolute atomic E-state index is 0.770. The minimum Gasteiger partial charge on any atom is -0.398 e. The highest BCUT2D eigenvalue weighted by atomic mass is 32.1. The van der Waals surface area contributed by atoms with Gasteiger partial charge in [-0.3, -0.25) is 0 Å². The molecule has 0 aliphatic carbocycles. The molecular weight excluding hydrogens is 220 g/mol. The summed E-state index contributed by atoms with van der Waals surface area (Å²) < 4.78 is 0. The molecule has 0 aromatic carbocycles. The predicted octanol–water partition coefficient (Wildman–Crippen LogP) is 2.08. The van der Waals surface area contributed by atoms with Crippen molar-refractivity contribution in [1.29, 1.82) is 0 Å². The van der Waals surface area contributed by atoms with E-state index in [1.807, 2.05) is 24.6 Å². The Bertz CT molecular complexity index is 453. The second kappa shape index (κ2) is 4.94. The lowest BCUT2D eigenvalue weighted by Gasteiger charge is -2.06. The number of hydrogen-bond acceptors (Lipinski definition) is 5. The summed E-state index contributed by atoms with van der Waals surface area (Å²) in [5.41, 5.74) is 7.57. The molecule has 2 rings (SSSR count). The van der Waals surface area contributed by atoms with Crippen molar-refractivity contribution < 1.29 is 0 Å². The van der Waals surface area contributed by atoms with Gasteiger partial charge in [-0.1, -0.05) is 0 Å². The number of nitrogens with zero attached hydrogens (tertiary/aromatic N) is 2. The topological polar surface area (TPSA) is 63.8 Å². The van der Waals surface area contributed by atoms with Gasteiger partial charge in [0, 0.05) is 42.5 Å². The fourth-order valence-corrected chi connectivity index (χ4v) is 1.93. The van der Waals surface area contributed by atoms with Crippen LogP contribution in [0.5, 0.6) is 0 Å². The van der Waals surface area contributed by atoms with E-state index in [-0.39, 0.29) is 0 Å². The SMILES string of the molecule is Cc1cnc(NCCc2nccs2)cc1N. The largest absolute Gasteiger partial charge is 0.398 e. The van der Waals surface area contributed by atoms with Crippen molar-refractivity contribution >= 4 is 22.8 Å². The fourth-order valence-electron chi connectivity index (χ4n) is 1.31. The molecule has 0 bridgehead atoms. The van der Waals surface area contributed by atoms with E-state index in [4.69, 9.17) is 5.73 Å². The fraction of sp³-hybridized carbons (Fsp3) is 0.273. The number of nitrogen functional groups attached to an aromatic ring is 1. The summed E-state index contributed by atoms with van der Waals surface area (Å²) >= 11 is 1.67. The summed E-state index contributed by atoms with van der Waals surface area (Å²) in [4.78, 5) is 8.46. The Morgan fingerprint density at radius 2 is 2.31 bits per heavy atom. The van der Waals surface area contributed by atoms with Gasteiger partial charge in [0.15, 0.2) is 0 Å². The number of aromatic nitrogens is 2. The second-order valence-electron chi connectivity index (χ2n) is 3.53. The lowest BCUT2D eigenvalue weighted by molar-refractivity contribution is 0.987. The van der Waals surface area contributed by atoms with Crippen LogP contribution < -0.4 is 11.1 Å². The van der Waals surface area contributed by atoms with Gasteiger partial charge in [-0.25, -0.2) is 9.97 Å². The highest BCUT2D eigenvalue weighted by molar-refractivity contribution is 7.09. The number of pyridine rings is 1. The quantitative estimate of drug-likeness (QED) is 0.850. The molecule has 0 aliphatic heterocycles. The van der Waals surface area contributed by atoms with Gasteiger partial charge in [0.1, 0.15) is 5.82 Å². The van der Waals surface area contributed by atoms with Gasteiger partial charge in [-0.05, 0) is 12.5 Å². The molecule has 2 heterocycles. The van der Waals surface area contributed by atoms with Gasteiger partial charge in [0.2, 0.25) is 0 Å². The van der Waals surface area contributed by atoms with Crippen molar-refractivity contribution in [3.63, 3.8) is 0 Å². The van der Waals surface area contributed by atoms with Crippen molar-refractivity contribution in [2.24, 2.45) is 0 Å². The average Bonchev–Trinajstić information content (AvgIpc) is 2.76. The van der Waals surface area contributed by atoms with Gasteiger partial charge in [-0.15, -0.1) is 11.3 Å². The number of rotatable bonds is 4. The van der Waals surface area contributed by atoms with E-state index in [1.54, 1.807) is 17.5 Å². The molecule has 0 aliphatic rings. The third-order valence-corrected chi connectivity index (χ3v) is 3.11. The number of thiazole rings is 1. The van der Waals surface area contributed by atoms with Gasteiger partial charge in [-0.2, -0.15) is 0 Å². The summed E-state index contributed by atoms with van der Waals surface area (Å²) in [6.07, 6.45) is 4.51. The molecule has 16 heavy (non-hydrogen) atoms. The predicted molar refractivity (Wildman–Crippen MR) is 67.7 cm³/mol. The van der Waals surface area contributed by atoms with Crippen LogP contribution in [0.3, 0.4) is 0 Å². The standard InChI is InChI=1S/C11H14N4S/c1-8-7-15-10(6-9(8)12)13-3-2-11-14-4-5-16-11/h4-7H,2-3H2,1H3,(H3,12,13,15). The molecule has 5 heteroatoms.